The molecule has 0 saturated heterocycles. The van der Waals surface area contributed by atoms with Crippen LogP contribution in [0.4, 0.5) is 4.79 Å². The molecule has 4 nitrogen and oxygen atoms in total. The van der Waals surface area contributed by atoms with Gasteiger partial charge in [-0.25, -0.2) is 4.79 Å². The first-order valence-electron chi connectivity index (χ1n) is 6.26. The summed E-state index contributed by atoms with van der Waals surface area (Å²) < 4.78 is 10.3. The van der Waals surface area contributed by atoms with Gasteiger partial charge in [0, 0.05) is 17.5 Å². The molecule has 0 spiro atoms. The fourth-order valence-electron chi connectivity index (χ4n) is 2.20. The van der Waals surface area contributed by atoms with Crippen LogP contribution in [-0.4, -0.2) is 26.4 Å². The predicted molar refractivity (Wildman–Crippen MR) is 68.9 cm³/mol. The molecule has 1 N–H and O–H groups in total. The van der Waals surface area contributed by atoms with E-state index in [4.69, 9.17) is 9.47 Å². The number of ether oxygens (including phenoxy) is 2. The summed E-state index contributed by atoms with van der Waals surface area (Å²) in [5, 5.41) is 2.82. The van der Waals surface area contributed by atoms with E-state index in [-0.39, 0.29) is 11.5 Å². The second-order valence-corrected chi connectivity index (χ2v) is 4.55. The van der Waals surface area contributed by atoms with Crippen molar-refractivity contribution in [1.29, 1.82) is 0 Å². The zero-order valence-electron chi connectivity index (χ0n) is 10.9. The molecule has 98 valence electrons. The lowest BCUT2D eigenvalue weighted by Crippen LogP contribution is -2.32. The van der Waals surface area contributed by atoms with Crippen LogP contribution in [-0.2, 0) is 10.2 Å². The van der Waals surface area contributed by atoms with Crippen LogP contribution in [0.15, 0.2) is 24.3 Å². The Morgan fingerprint density at radius 3 is 2.72 bits per heavy atom. The quantitative estimate of drug-likeness (QED) is 0.872. The third-order valence-electron chi connectivity index (χ3n) is 3.38. The van der Waals surface area contributed by atoms with Gasteiger partial charge in [0.2, 0.25) is 0 Å². The number of nitrogens with one attached hydrogen (secondary N) is 1. The number of carbonyl (C=O) groups excluding carboxylic acids is 1. The minimum absolute atomic E-state index is 0.0271. The Labute approximate surface area is 107 Å². The van der Waals surface area contributed by atoms with E-state index in [9.17, 15) is 4.79 Å². The Hall–Kier alpha value is -1.71. The number of benzene rings is 1. The molecular weight excluding hydrogens is 230 g/mol. The molecule has 1 saturated carbocycles. The van der Waals surface area contributed by atoms with Crippen molar-refractivity contribution in [3.8, 4) is 5.75 Å². The van der Waals surface area contributed by atoms with Crippen molar-refractivity contribution in [2.75, 3.05) is 20.3 Å². The Bertz CT molecular complexity index is 427. The molecule has 1 amide bonds. The zero-order valence-corrected chi connectivity index (χ0v) is 10.9. The van der Waals surface area contributed by atoms with Gasteiger partial charge in [0.15, 0.2) is 0 Å². The Kier molecular flexibility index (Phi) is 3.75. The minimum Gasteiger partial charge on any atom is -0.496 e. The molecule has 0 aromatic heterocycles. The van der Waals surface area contributed by atoms with Crippen molar-refractivity contribution in [3.05, 3.63) is 29.8 Å². The fourth-order valence-corrected chi connectivity index (χ4v) is 2.20. The number of methoxy groups -OCH3 is 1. The van der Waals surface area contributed by atoms with Crippen molar-refractivity contribution in [3.63, 3.8) is 0 Å². The summed E-state index contributed by atoms with van der Waals surface area (Å²) >= 11 is 0. The average molecular weight is 249 g/mol. The molecule has 0 unspecified atom stereocenters. The lowest BCUT2D eigenvalue weighted by molar-refractivity contribution is 0.151. The molecule has 0 bridgehead atoms. The van der Waals surface area contributed by atoms with Crippen LogP contribution < -0.4 is 10.1 Å². The summed E-state index contributed by atoms with van der Waals surface area (Å²) in [6.07, 6.45) is 1.79. The normalized spacial score (nSPS) is 15.9. The number of alkyl carbamates (subject to hydrolysis) is 1. The van der Waals surface area contributed by atoms with Gasteiger partial charge >= 0.3 is 6.09 Å². The van der Waals surface area contributed by atoms with Gasteiger partial charge in [-0.2, -0.15) is 0 Å². The van der Waals surface area contributed by atoms with Crippen molar-refractivity contribution in [2.24, 2.45) is 0 Å². The second-order valence-electron chi connectivity index (χ2n) is 4.55. The van der Waals surface area contributed by atoms with E-state index in [1.807, 2.05) is 18.2 Å². The van der Waals surface area contributed by atoms with Crippen molar-refractivity contribution < 1.29 is 14.3 Å². The van der Waals surface area contributed by atoms with Crippen molar-refractivity contribution in [2.45, 2.75) is 25.2 Å². The molecular formula is C14H19NO3. The smallest absolute Gasteiger partial charge is 0.407 e. The summed E-state index contributed by atoms with van der Waals surface area (Å²) in [4.78, 5) is 11.3. The van der Waals surface area contributed by atoms with E-state index in [0.29, 0.717) is 13.2 Å². The topological polar surface area (TPSA) is 47.6 Å². The molecule has 0 atom stereocenters. The van der Waals surface area contributed by atoms with Gasteiger partial charge in [0.1, 0.15) is 5.75 Å². The molecule has 4 heteroatoms. The minimum atomic E-state index is -0.348. The maximum absolute atomic E-state index is 11.3. The monoisotopic (exact) mass is 249 g/mol. The van der Waals surface area contributed by atoms with Gasteiger partial charge in [-0.05, 0) is 25.8 Å². The molecule has 0 aliphatic heterocycles. The van der Waals surface area contributed by atoms with E-state index >= 15 is 0 Å². The highest BCUT2D eigenvalue weighted by Crippen LogP contribution is 2.50. The number of amides is 1. The Morgan fingerprint density at radius 2 is 2.11 bits per heavy atom. The first-order chi connectivity index (χ1) is 8.72. The van der Waals surface area contributed by atoms with Crippen molar-refractivity contribution in [1.82, 2.24) is 5.32 Å². The van der Waals surface area contributed by atoms with Gasteiger partial charge in [0.25, 0.3) is 0 Å². The standard InChI is InChI=1S/C14H19NO3/c1-3-18-13(16)15-10-14(8-9-14)11-6-4-5-7-12(11)17-2/h4-7H,3,8-10H2,1-2H3,(H,15,16). The SMILES string of the molecule is CCOC(=O)NCC1(c2ccccc2OC)CC1. The number of rotatable bonds is 5. The highest BCUT2D eigenvalue weighted by Gasteiger charge is 2.46. The fraction of sp³-hybridized carbons (Fsp3) is 0.500. The van der Waals surface area contributed by atoms with Crippen LogP contribution in [0.2, 0.25) is 0 Å². The largest absolute Gasteiger partial charge is 0.496 e. The third-order valence-corrected chi connectivity index (χ3v) is 3.38. The zero-order chi connectivity index (χ0) is 13.0. The third kappa shape index (κ3) is 2.58. The number of hydrogen-bond acceptors (Lipinski definition) is 3. The van der Waals surface area contributed by atoms with E-state index in [1.165, 1.54) is 5.56 Å². The summed E-state index contributed by atoms with van der Waals surface area (Å²) in [7, 11) is 1.67. The van der Waals surface area contributed by atoms with Crippen LogP contribution >= 0.6 is 0 Å². The van der Waals surface area contributed by atoms with E-state index in [1.54, 1.807) is 14.0 Å². The summed E-state index contributed by atoms with van der Waals surface area (Å²) in [5.41, 5.74) is 1.20. The Morgan fingerprint density at radius 1 is 1.39 bits per heavy atom. The van der Waals surface area contributed by atoms with Gasteiger partial charge < -0.3 is 14.8 Å². The summed E-state index contributed by atoms with van der Waals surface area (Å²) in [6, 6.07) is 7.98. The number of carbonyl (C=O) groups is 1. The van der Waals surface area contributed by atoms with E-state index in [0.717, 1.165) is 18.6 Å². The average Bonchev–Trinajstić information content (AvgIpc) is 3.18. The lowest BCUT2D eigenvalue weighted by atomic mass is 9.95. The first kappa shape index (κ1) is 12.7. The van der Waals surface area contributed by atoms with Crippen LogP contribution in [0.5, 0.6) is 5.75 Å². The lowest BCUT2D eigenvalue weighted by Gasteiger charge is -2.19. The molecule has 0 radical (unpaired) electrons. The number of para-hydroxylation sites is 1. The van der Waals surface area contributed by atoms with Gasteiger partial charge in [-0.3, -0.25) is 0 Å². The molecule has 18 heavy (non-hydrogen) atoms. The van der Waals surface area contributed by atoms with Crippen LogP contribution in [0.25, 0.3) is 0 Å². The van der Waals surface area contributed by atoms with Gasteiger partial charge in [0.05, 0.1) is 13.7 Å². The van der Waals surface area contributed by atoms with Gasteiger partial charge in [-0.1, -0.05) is 18.2 Å². The van der Waals surface area contributed by atoms with Crippen LogP contribution in [0.3, 0.4) is 0 Å². The number of hydrogen-bond donors (Lipinski definition) is 1. The highest BCUT2D eigenvalue weighted by molar-refractivity contribution is 5.67. The van der Waals surface area contributed by atoms with Crippen molar-refractivity contribution >= 4 is 6.09 Å². The van der Waals surface area contributed by atoms with E-state index < -0.39 is 0 Å². The molecule has 1 aromatic rings. The van der Waals surface area contributed by atoms with Crippen LogP contribution in [0.1, 0.15) is 25.3 Å². The first-order valence-corrected chi connectivity index (χ1v) is 6.26. The highest BCUT2D eigenvalue weighted by atomic mass is 16.5. The van der Waals surface area contributed by atoms with Gasteiger partial charge in [-0.15, -0.1) is 0 Å². The maximum atomic E-state index is 11.3. The molecule has 1 aliphatic carbocycles. The summed E-state index contributed by atoms with van der Waals surface area (Å²) in [5.74, 6) is 0.889. The van der Waals surface area contributed by atoms with E-state index in [2.05, 4.69) is 11.4 Å². The molecule has 1 aromatic carbocycles. The molecule has 1 fully saturated rings. The second kappa shape index (κ2) is 5.29. The molecule has 1 aliphatic rings. The van der Waals surface area contributed by atoms with Crippen LogP contribution in [0, 0.1) is 0 Å². The maximum Gasteiger partial charge on any atom is 0.407 e. The molecule has 0 heterocycles. The molecule has 2 rings (SSSR count). The predicted octanol–water partition coefficient (Wildman–Crippen LogP) is 2.47. The Balaban J connectivity index is 2.05. The summed E-state index contributed by atoms with van der Waals surface area (Å²) in [6.45, 7) is 2.80.